The highest BCUT2D eigenvalue weighted by atomic mass is 32.1. The molecule has 1 aliphatic heterocycles. The fourth-order valence-electron chi connectivity index (χ4n) is 4.42. The number of rotatable bonds is 7. The minimum atomic E-state index is -1.00. The monoisotopic (exact) mass is 532 g/mol. The Bertz CT molecular complexity index is 1580. The normalized spacial score (nSPS) is 16.8. The number of thiazole rings is 1. The SMILES string of the molecule is CCCOc1ccc([C@H]2/C(=C(\O)c3ccc(F)cc3)C(=O)C(=O)N2c2nc3ccc(C)cc3s2)cc1OC. The number of aryl methyl sites for hydroxylation is 1. The zero-order chi connectivity index (χ0) is 27.0. The highest BCUT2D eigenvalue weighted by Crippen LogP contribution is 2.46. The second kappa shape index (κ2) is 10.3. The van der Waals surface area contributed by atoms with Crippen molar-refractivity contribution in [3.8, 4) is 11.5 Å². The van der Waals surface area contributed by atoms with Crippen molar-refractivity contribution >= 4 is 44.1 Å². The van der Waals surface area contributed by atoms with Gasteiger partial charge in [0, 0.05) is 5.56 Å². The molecule has 2 heterocycles. The van der Waals surface area contributed by atoms with Crippen molar-refractivity contribution in [3.05, 3.63) is 88.7 Å². The van der Waals surface area contributed by atoms with E-state index in [1.807, 2.05) is 32.0 Å². The fraction of sp³-hybridized carbons (Fsp3) is 0.207. The average molecular weight is 533 g/mol. The van der Waals surface area contributed by atoms with Gasteiger partial charge in [0.05, 0.1) is 35.5 Å². The summed E-state index contributed by atoms with van der Waals surface area (Å²) in [5, 5.41) is 11.6. The van der Waals surface area contributed by atoms with Crippen molar-refractivity contribution in [2.45, 2.75) is 26.3 Å². The van der Waals surface area contributed by atoms with Gasteiger partial charge in [0.15, 0.2) is 16.6 Å². The molecule has 1 N–H and O–H groups in total. The van der Waals surface area contributed by atoms with E-state index < -0.39 is 29.3 Å². The number of aliphatic hydroxyl groups is 1. The van der Waals surface area contributed by atoms with E-state index in [9.17, 15) is 19.1 Å². The van der Waals surface area contributed by atoms with E-state index in [0.717, 1.165) is 16.7 Å². The number of hydrogen-bond donors (Lipinski definition) is 1. The van der Waals surface area contributed by atoms with Crippen LogP contribution in [0.1, 0.15) is 36.1 Å². The lowest BCUT2D eigenvalue weighted by atomic mass is 9.95. The number of Topliss-reactive ketones (excluding diaryl/α,β-unsaturated/α-hetero) is 1. The Balaban J connectivity index is 1.71. The summed E-state index contributed by atoms with van der Waals surface area (Å²) < 4.78 is 25.8. The molecule has 0 aliphatic carbocycles. The smallest absolute Gasteiger partial charge is 0.301 e. The number of nitrogens with zero attached hydrogens (tertiary/aromatic N) is 2. The number of aliphatic hydroxyl groups excluding tert-OH is 1. The average Bonchev–Trinajstić information content (AvgIpc) is 3.44. The number of hydrogen-bond acceptors (Lipinski definition) is 7. The lowest BCUT2D eigenvalue weighted by Crippen LogP contribution is -2.29. The van der Waals surface area contributed by atoms with Gasteiger partial charge in [-0.2, -0.15) is 0 Å². The minimum absolute atomic E-state index is 0.124. The van der Waals surface area contributed by atoms with Gasteiger partial charge in [-0.1, -0.05) is 30.4 Å². The van der Waals surface area contributed by atoms with Gasteiger partial charge in [-0.05, 0) is 73.0 Å². The predicted octanol–water partition coefficient (Wildman–Crippen LogP) is 6.17. The third-order valence-corrected chi connectivity index (χ3v) is 7.28. The van der Waals surface area contributed by atoms with Crippen LogP contribution < -0.4 is 14.4 Å². The Morgan fingerprint density at radius 3 is 2.55 bits per heavy atom. The number of anilines is 1. The van der Waals surface area contributed by atoms with E-state index in [1.54, 1.807) is 18.2 Å². The van der Waals surface area contributed by atoms with Crippen LogP contribution in [0.2, 0.25) is 0 Å². The summed E-state index contributed by atoms with van der Waals surface area (Å²) in [5.41, 5.74) is 2.33. The second-order valence-corrected chi connectivity index (χ2v) is 9.91. The molecule has 0 spiro atoms. The first-order valence-corrected chi connectivity index (χ1v) is 12.9. The maximum Gasteiger partial charge on any atom is 0.301 e. The molecule has 0 bridgehead atoms. The number of aromatic nitrogens is 1. The van der Waals surface area contributed by atoms with Gasteiger partial charge in [-0.25, -0.2) is 9.37 Å². The number of carbonyl (C=O) groups is 2. The third kappa shape index (κ3) is 4.50. The first-order chi connectivity index (χ1) is 18.3. The molecule has 1 aromatic heterocycles. The molecule has 0 radical (unpaired) electrons. The maximum atomic E-state index is 13.6. The van der Waals surface area contributed by atoms with Crippen molar-refractivity contribution in [1.29, 1.82) is 0 Å². The zero-order valence-corrected chi connectivity index (χ0v) is 21.8. The summed E-state index contributed by atoms with van der Waals surface area (Å²) >= 11 is 1.28. The van der Waals surface area contributed by atoms with Gasteiger partial charge < -0.3 is 14.6 Å². The van der Waals surface area contributed by atoms with Crippen molar-refractivity contribution in [1.82, 2.24) is 4.98 Å². The number of halogens is 1. The Hall–Kier alpha value is -4.24. The van der Waals surface area contributed by atoms with Crippen molar-refractivity contribution < 1.29 is 28.6 Å². The molecule has 0 unspecified atom stereocenters. The Kier molecular flexibility index (Phi) is 6.86. The van der Waals surface area contributed by atoms with Gasteiger partial charge in [-0.15, -0.1) is 0 Å². The summed E-state index contributed by atoms with van der Waals surface area (Å²) in [6, 6.07) is 14.9. The summed E-state index contributed by atoms with van der Waals surface area (Å²) in [6.07, 6.45) is 0.805. The molecule has 7 nitrogen and oxygen atoms in total. The standard InChI is InChI=1S/C29H25FN2O5S/c1-4-13-37-21-12-8-18(15-22(21)36-3)25-24(26(33)17-6-9-19(30)10-7-17)27(34)28(35)32(25)29-31-20-11-5-16(2)14-23(20)38-29/h5-12,14-15,25,33H,4,13H2,1-3H3/b26-24+/t25-/m0/s1. The lowest BCUT2D eigenvalue weighted by molar-refractivity contribution is -0.132. The van der Waals surface area contributed by atoms with Crippen LogP contribution in [0.15, 0.2) is 66.2 Å². The summed E-state index contributed by atoms with van der Waals surface area (Å²) in [6.45, 7) is 4.44. The van der Waals surface area contributed by atoms with Crippen LogP contribution in [-0.4, -0.2) is 35.5 Å². The number of methoxy groups -OCH3 is 1. The quantitative estimate of drug-likeness (QED) is 0.174. The molecule has 9 heteroatoms. The van der Waals surface area contributed by atoms with Gasteiger partial charge in [-0.3, -0.25) is 14.5 Å². The van der Waals surface area contributed by atoms with Crippen molar-refractivity contribution in [2.75, 3.05) is 18.6 Å². The van der Waals surface area contributed by atoms with Gasteiger partial charge in [0.2, 0.25) is 0 Å². The van der Waals surface area contributed by atoms with Crippen molar-refractivity contribution in [3.63, 3.8) is 0 Å². The Morgan fingerprint density at radius 1 is 1.08 bits per heavy atom. The Labute approximate surface area is 222 Å². The van der Waals surface area contributed by atoms with E-state index in [-0.39, 0.29) is 11.1 Å². The molecule has 1 fully saturated rings. The molecule has 3 aromatic carbocycles. The molecule has 1 aliphatic rings. The molecule has 5 rings (SSSR count). The third-order valence-electron chi connectivity index (χ3n) is 6.27. The topological polar surface area (TPSA) is 89.0 Å². The molecule has 194 valence electrons. The molecular formula is C29H25FN2O5S. The van der Waals surface area contributed by atoms with Crippen molar-refractivity contribution in [2.24, 2.45) is 0 Å². The van der Waals surface area contributed by atoms with Gasteiger partial charge in [0.1, 0.15) is 11.6 Å². The van der Waals surface area contributed by atoms with E-state index in [0.29, 0.717) is 34.3 Å². The summed E-state index contributed by atoms with van der Waals surface area (Å²) in [7, 11) is 1.50. The lowest BCUT2D eigenvalue weighted by Gasteiger charge is -2.24. The summed E-state index contributed by atoms with van der Waals surface area (Å²) in [4.78, 5) is 32.8. The van der Waals surface area contributed by atoms with E-state index >= 15 is 0 Å². The van der Waals surface area contributed by atoms with Crippen LogP contribution in [-0.2, 0) is 9.59 Å². The fourth-order valence-corrected chi connectivity index (χ4v) is 5.51. The van der Waals surface area contributed by atoms with Crippen LogP contribution >= 0.6 is 11.3 Å². The van der Waals surface area contributed by atoms with Crippen LogP contribution in [0.3, 0.4) is 0 Å². The first kappa shape index (κ1) is 25.4. The maximum absolute atomic E-state index is 13.6. The molecule has 1 saturated heterocycles. The molecule has 38 heavy (non-hydrogen) atoms. The van der Waals surface area contributed by atoms with E-state index in [2.05, 4.69) is 4.98 Å². The minimum Gasteiger partial charge on any atom is -0.507 e. The van der Waals surface area contributed by atoms with Crippen LogP contribution in [0.25, 0.3) is 16.0 Å². The first-order valence-electron chi connectivity index (χ1n) is 12.1. The summed E-state index contributed by atoms with van der Waals surface area (Å²) in [5.74, 6) is -1.64. The number of fused-ring (bicyclic) bond motifs is 1. The number of ketones is 1. The number of amides is 1. The Morgan fingerprint density at radius 2 is 1.84 bits per heavy atom. The largest absolute Gasteiger partial charge is 0.507 e. The van der Waals surface area contributed by atoms with Crippen LogP contribution in [0.5, 0.6) is 11.5 Å². The van der Waals surface area contributed by atoms with Gasteiger partial charge in [0.25, 0.3) is 5.78 Å². The van der Waals surface area contributed by atoms with Crippen LogP contribution in [0, 0.1) is 12.7 Å². The second-order valence-electron chi connectivity index (χ2n) is 8.90. The molecular weight excluding hydrogens is 507 g/mol. The van der Waals surface area contributed by atoms with E-state index in [4.69, 9.17) is 9.47 Å². The van der Waals surface area contributed by atoms with Gasteiger partial charge >= 0.3 is 5.91 Å². The predicted molar refractivity (Wildman–Crippen MR) is 144 cm³/mol. The van der Waals surface area contributed by atoms with E-state index in [1.165, 1.54) is 47.6 Å². The number of carbonyl (C=O) groups excluding carboxylic acids is 2. The highest BCUT2D eigenvalue weighted by Gasteiger charge is 2.48. The molecule has 0 saturated carbocycles. The molecule has 1 amide bonds. The van der Waals surface area contributed by atoms with Crippen LogP contribution in [0.4, 0.5) is 9.52 Å². The number of ether oxygens (including phenoxy) is 2. The zero-order valence-electron chi connectivity index (χ0n) is 21.0. The highest BCUT2D eigenvalue weighted by molar-refractivity contribution is 7.22. The molecule has 1 atom stereocenters. The molecule has 4 aromatic rings. The number of benzene rings is 3.